The summed E-state index contributed by atoms with van der Waals surface area (Å²) in [5.74, 6) is 1.49. The van der Waals surface area contributed by atoms with E-state index < -0.39 is 0 Å². The average Bonchev–Trinajstić information content (AvgIpc) is 2.97. The Morgan fingerprint density at radius 3 is 2.88 bits per heavy atom. The number of ether oxygens (including phenoxy) is 1. The van der Waals surface area contributed by atoms with Crippen LogP contribution < -0.4 is 10.6 Å². The van der Waals surface area contributed by atoms with E-state index in [0.29, 0.717) is 5.92 Å². The number of hydrogen-bond acceptors (Lipinski definition) is 3. The van der Waals surface area contributed by atoms with Gasteiger partial charge in [-0.3, -0.25) is 0 Å². The molecule has 2 fully saturated rings. The van der Waals surface area contributed by atoms with Gasteiger partial charge in [-0.2, -0.15) is 0 Å². The second-order valence-corrected chi connectivity index (χ2v) is 5.87. The van der Waals surface area contributed by atoms with Gasteiger partial charge in [0.1, 0.15) is 0 Å². The minimum absolute atomic E-state index is 0.623. The van der Waals surface area contributed by atoms with Gasteiger partial charge >= 0.3 is 0 Å². The lowest BCUT2D eigenvalue weighted by molar-refractivity contribution is 0.154. The number of rotatable bonds is 6. The maximum atomic E-state index is 5.19. The third-order valence-electron chi connectivity index (χ3n) is 4.36. The molecule has 1 aliphatic carbocycles. The predicted octanol–water partition coefficient (Wildman–Crippen LogP) is 1.78. The molecule has 0 amide bonds. The molecule has 0 radical (unpaired) electrons. The molecule has 0 aromatic rings. The summed E-state index contributed by atoms with van der Waals surface area (Å²) in [6.07, 6.45) is 6.93. The molecular formula is C14H28N2O. The van der Waals surface area contributed by atoms with Crippen LogP contribution >= 0.6 is 0 Å². The van der Waals surface area contributed by atoms with E-state index in [1.54, 1.807) is 7.11 Å². The Morgan fingerprint density at radius 1 is 1.29 bits per heavy atom. The summed E-state index contributed by atoms with van der Waals surface area (Å²) in [6, 6.07) is 1.53. The molecule has 3 nitrogen and oxygen atoms in total. The molecule has 0 bridgehead atoms. The number of methoxy groups -OCH3 is 1. The van der Waals surface area contributed by atoms with Crippen molar-refractivity contribution in [2.75, 3.05) is 26.8 Å². The molecule has 100 valence electrons. The first-order valence-electron chi connectivity index (χ1n) is 7.27. The zero-order chi connectivity index (χ0) is 12.1. The van der Waals surface area contributed by atoms with Crippen molar-refractivity contribution < 1.29 is 4.74 Å². The average molecular weight is 240 g/mol. The minimum atomic E-state index is 0.623. The van der Waals surface area contributed by atoms with Crippen LogP contribution in [0.4, 0.5) is 0 Å². The van der Waals surface area contributed by atoms with E-state index >= 15 is 0 Å². The maximum absolute atomic E-state index is 5.19. The Labute approximate surface area is 106 Å². The fourth-order valence-corrected chi connectivity index (χ4v) is 3.50. The van der Waals surface area contributed by atoms with Crippen LogP contribution in [0.15, 0.2) is 0 Å². The maximum Gasteiger partial charge on any atom is 0.0499 e. The van der Waals surface area contributed by atoms with Crippen molar-refractivity contribution in [1.29, 1.82) is 0 Å². The summed E-state index contributed by atoms with van der Waals surface area (Å²) < 4.78 is 5.19. The van der Waals surface area contributed by atoms with Crippen molar-refractivity contribution in [3.63, 3.8) is 0 Å². The first kappa shape index (κ1) is 13.3. The van der Waals surface area contributed by atoms with Crippen LogP contribution in [0.25, 0.3) is 0 Å². The Balaban J connectivity index is 1.74. The summed E-state index contributed by atoms with van der Waals surface area (Å²) >= 11 is 0. The molecule has 4 atom stereocenters. The van der Waals surface area contributed by atoms with Gasteiger partial charge in [-0.25, -0.2) is 0 Å². The quantitative estimate of drug-likeness (QED) is 0.742. The first-order valence-corrected chi connectivity index (χ1v) is 7.27. The van der Waals surface area contributed by atoms with Crippen LogP contribution in [-0.4, -0.2) is 38.9 Å². The third kappa shape index (κ3) is 3.67. The van der Waals surface area contributed by atoms with Gasteiger partial charge in [0, 0.05) is 32.3 Å². The monoisotopic (exact) mass is 240 g/mol. The van der Waals surface area contributed by atoms with Crippen LogP contribution in [0.5, 0.6) is 0 Å². The lowest BCUT2D eigenvalue weighted by Gasteiger charge is -2.27. The first-order chi connectivity index (χ1) is 8.31. The van der Waals surface area contributed by atoms with E-state index in [4.69, 9.17) is 4.74 Å². The molecule has 3 heteroatoms. The van der Waals surface area contributed by atoms with Gasteiger partial charge in [-0.1, -0.05) is 13.3 Å². The number of hydrogen-bond donors (Lipinski definition) is 2. The second-order valence-electron chi connectivity index (χ2n) is 5.87. The van der Waals surface area contributed by atoms with E-state index in [1.807, 2.05) is 0 Å². The van der Waals surface area contributed by atoms with E-state index in [1.165, 1.54) is 38.6 Å². The molecule has 2 aliphatic rings. The van der Waals surface area contributed by atoms with Gasteiger partial charge in [-0.15, -0.1) is 0 Å². The molecule has 1 heterocycles. The van der Waals surface area contributed by atoms with Crippen molar-refractivity contribution in [2.24, 2.45) is 11.8 Å². The fraction of sp³-hybridized carbons (Fsp3) is 1.00. The van der Waals surface area contributed by atoms with Gasteiger partial charge in [-0.05, 0) is 44.1 Å². The zero-order valence-electron chi connectivity index (χ0n) is 11.4. The van der Waals surface area contributed by atoms with Crippen LogP contribution in [0, 0.1) is 11.8 Å². The molecular weight excluding hydrogens is 212 g/mol. The van der Waals surface area contributed by atoms with Crippen LogP contribution in [0.3, 0.4) is 0 Å². The molecule has 0 aromatic heterocycles. The normalized spacial score (nSPS) is 35.3. The summed E-state index contributed by atoms with van der Waals surface area (Å²) in [7, 11) is 1.79. The molecule has 1 saturated carbocycles. The van der Waals surface area contributed by atoms with Crippen molar-refractivity contribution in [2.45, 2.75) is 51.1 Å². The number of nitrogens with one attached hydrogen (secondary N) is 2. The molecule has 0 spiro atoms. The Bertz CT molecular complexity index is 216. The molecule has 2 rings (SSSR count). The van der Waals surface area contributed by atoms with Crippen LogP contribution in [-0.2, 0) is 4.74 Å². The zero-order valence-corrected chi connectivity index (χ0v) is 11.4. The molecule has 1 saturated heterocycles. The lowest BCUT2D eigenvalue weighted by atomic mass is 9.93. The summed E-state index contributed by atoms with van der Waals surface area (Å²) in [4.78, 5) is 0. The van der Waals surface area contributed by atoms with Gasteiger partial charge in [0.25, 0.3) is 0 Å². The van der Waals surface area contributed by atoms with Gasteiger partial charge in [0.05, 0.1) is 0 Å². The smallest absolute Gasteiger partial charge is 0.0499 e. The van der Waals surface area contributed by atoms with Gasteiger partial charge in [0.15, 0.2) is 0 Å². The lowest BCUT2D eigenvalue weighted by Crippen LogP contribution is -2.43. The molecule has 17 heavy (non-hydrogen) atoms. The highest BCUT2D eigenvalue weighted by Crippen LogP contribution is 2.31. The predicted molar refractivity (Wildman–Crippen MR) is 71.2 cm³/mol. The molecule has 0 aromatic carbocycles. The third-order valence-corrected chi connectivity index (χ3v) is 4.36. The largest absolute Gasteiger partial charge is 0.384 e. The summed E-state index contributed by atoms with van der Waals surface area (Å²) in [5.41, 5.74) is 0. The Hall–Kier alpha value is -0.120. The second kappa shape index (κ2) is 6.72. The van der Waals surface area contributed by atoms with Gasteiger partial charge in [0.2, 0.25) is 0 Å². The standard InChI is InChI=1S/C14H28N2O/c1-11(10-17-2)9-16-14-6-3-5-12(14)13-7-4-8-15-13/h11-16H,3-10H2,1-2H3. The van der Waals surface area contributed by atoms with E-state index in [9.17, 15) is 0 Å². The van der Waals surface area contributed by atoms with Crippen LogP contribution in [0.2, 0.25) is 0 Å². The summed E-state index contributed by atoms with van der Waals surface area (Å²) in [5, 5.41) is 7.45. The fourth-order valence-electron chi connectivity index (χ4n) is 3.50. The Morgan fingerprint density at radius 2 is 2.18 bits per heavy atom. The van der Waals surface area contributed by atoms with E-state index in [-0.39, 0.29) is 0 Å². The highest BCUT2D eigenvalue weighted by atomic mass is 16.5. The topological polar surface area (TPSA) is 33.3 Å². The van der Waals surface area contributed by atoms with E-state index in [0.717, 1.165) is 31.2 Å². The van der Waals surface area contributed by atoms with Crippen molar-refractivity contribution >= 4 is 0 Å². The highest BCUT2D eigenvalue weighted by Gasteiger charge is 2.34. The minimum Gasteiger partial charge on any atom is -0.384 e. The summed E-state index contributed by atoms with van der Waals surface area (Å²) in [6.45, 7) is 5.45. The van der Waals surface area contributed by atoms with Crippen LogP contribution in [0.1, 0.15) is 39.0 Å². The molecule has 1 aliphatic heterocycles. The van der Waals surface area contributed by atoms with Crippen molar-refractivity contribution in [3.8, 4) is 0 Å². The molecule has 2 N–H and O–H groups in total. The van der Waals surface area contributed by atoms with Gasteiger partial charge < -0.3 is 15.4 Å². The SMILES string of the molecule is COCC(C)CNC1CCCC1C1CCCN1. The Kier molecular flexibility index (Phi) is 5.26. The van der Waals surface area contributed by atoms with Crippen molar-refractivity contribution in [3.05, 3.63) is 0 Å². The highest BCUT2D eigenvalue weighted by molar-refractivity contribution is 4.93. The van der Waals surface area contributed by atoms with E-state index in [2.05, 4.69) is 17.6 Å². The molecule has 4 unspecified atom stereocenters. The van der Waals surface area contributed by atoms with Crippen molar-refractivity contribution in [1.82, 2.24) is 10.6 Å².